The van der Waals surface area contributed by atoms with Crippen LogP contribution in [0, 0.1) is 0 Å². The minimum absolute atomic E-state index is 0.0494. The molecule has 0 aliphatic carbocycles. The van der Waals surface area contributed by atoms with Crippen LogP contribution >= 0.6 is 11.6 Å². The van der Waals surface area contributed by atoms with Gasteiger partial charge in [0.05, 0.1) is 4.90 Å². The van der Waals surface area contributed by atoms with Crippen molar-refractivity contribution in [3.63, 3.8) is 0 Å². The number of benzene rings is 1. The van der Waals surface area contributed by atoms with E-state index in [2.05, 4.69) is 4.72 Å². The largest absolute Gasteiger partial charge is 0.481 e. The van der Waals surface area contributed by atoms with E-state index < -0.39 is 16.0 Å². The van der Waals surface area contributed by atoms with Crippen LogP contribution in [-0.4, -0.2) is 49.4 Å². The van der Waals surface area contributed by atoms with E-state index in [0.29, 0.717) is 24.5 Å². The number of carboxylic acid groups (broad SMARTS) is 1. The third-order valence-corrected chi connectivity index (χ3v) is 5.56. The average Bonchev–Trinajstić information content (AvgIpc) is 2.95. The highest BCUT2D eigenvalue weighted by Crippen LogP contribution is 2.17. The fraction of sp³-hybridized carbons (Fsp3) is 0.467. The van der Waals surface area contributed by atoms with E-state index in [-0.39, 0.29) is 36.1 Å². The molecule has 1 atom stereocenters. The summed E-state index contributed by atoms with van der Waals surface area (Å²) >= 11 is 5.75. The number of rotatable bonds is 7. The summed E-state index contributed by atoms with van der Waals surface area (Å²) in [5.41, 5.74) is 0. The van der Waals surface area contributed by atoms with Crippen LogP contribution in [0.15, 0.2) is 29.2 Å². The van der Waals surface area contributed by atoms with E-state index in [4.69, 9.17) is 16.7 Å². The SMILES string of the molecule is O=C(O)CCCC(=O)N1CCC(NS(=O)(=O)c2ccc(Cl)cc2)C1. The van der Waals surface area contributed by atoms with Crippen LogP contribution in [0.1, 0.15) is 25.7 Å². The van der Waals surface area contributed by atoms with Gasteiger partial charge in [-0.3, -0.25) is 9.59 Å². The van der Waals surface area contributed by atoms with Crippen molar-refractivity contribution in [1.29, 1.82) is 0 Å². The van der Waals surface area contributed by atoms with Crippen LogP contribution in [-0.2, 0) is 19.6 Å². The Hall–Kier alpha value is -1.64. The Kier molecular flexibility index (Phi) is 6.20. The molecule has 0 spiro atoms. The molecule has 7 nitrogen and oxygen atoms in total. The number of hydrogen-bond donors (Lipinski definition) is 2. The molecule has 2 N–H and O–H groups in total. The quantitative estimate of drug-likeness (QED) is 0.752. The van der Waals surface area contributed by atoms with Gasteiger partial charge in [0.25, 0.3) is 0 Å². The maximum absolute atomic E-state index is 12.3. The zero-order valence-corrected chi connectivity index (χ0v) is 14.5. The van der Waals surface area contributed by atoms with Crippen molar-refractivity contribution < 1.29 is 23.1 Å². The van der Waals surface area contributed by atoms with Crippen LogP contribution in [0.5, 0.6) is 0 Å². The molecule has 9 heteroatoms. The standard InChI is InChI=1S/C15H19ClN2O5S/c16-11-4-6-13(7-5-11)24(22,23)17-12-8-9-18(10-12)14(19)2-1-3-15(20)21/h4-7,12,17H,1-3,8-10H2,(H,20,21). The third-order valence-electron chi connectivity index (χ3n) is 3.77. The van der Waals surface area contributed by atoms with Gasteiger partial charge in [-0.05, 0) is 37.1 Å². The first-order valence-corrected chi connectivity index (χ1v) is 9.41. The minimum atomic E-state index is -3.66. The van der Waals surface area contributed by atoms with E-state index in [1.165, 1.54) is 24.3 Å². The van der Waals surface area contributed by atoms with Gasteiger partial charge in [-0.2, -0.15) is 0 Å². The van der Waals surface area contributed by atoms with Crippen molar-refractivity contribution in [2.24, 2.45) is 0 Å². The first kappa shape index (κ1) is 18.7. The number of hydrogen-bond acceptors (Lipinski definition) is 4. The Morgan fingerprint density at radius 3 is 2.54 bits per heavy atom. The number of carbonyl (C=O) groups excluding carboxylic acids is 1. The summed E-state index contributed by atoms with van der Waals surface area (Å²) in [6.45, 7) is 0.748. The van der Waals surface area contributed by atoms with Gasteiger partial charge < -0.3 is 10.0 Å². The van der Waals surface area contributed by atoms with Crippen LogP contribution in [0.2, 0.25) is 5.02 Å². The summed E-state index contributed by atoms with van der Waals surface area (Å²) in [7, 11) is -3.66. The maximum atomic E-state index is 12.3. The number of amides is 1. The summed E-state index contributed by atoms with van der Waals surface area (Å²) in [5.74, 6) is -1.08. The molecule has 1 unspecified atom stereocenters. The highest BCUT2D eigenvalue weighted by molar-refractivity contribution is 7.89. The highest BCUT2D eigenvalue weighted by Gasteiger charge is 2.29. The summed E-state index contributed by atoms with van der Waals surface area (Å²) in [4.78, 5) is 24.1. The molecule has 0 bridgehead atoms. The lowest BCUT2D eigenvalue weighted by Gasteiger charge is -2.17. The monoisotopic (exact) mass is 374 g/mol. The zero-order chi connectivity index (χ0) is 17.7. The van der Waals surface area contributed by atoms with Crippen molar-refractivity contribution in [2.75, 3.05) is 13.1 Å². The second-order valence-electron chi connectivity index (χ2n) is 5.65. The van der Waals surface area contributed by atoms with Crippen LogP contribution in [0.4, 0.5) is 0 Å². The van der Waals surface area contributed by atoms with Gasteiger partial charge in [0.1, 0.15) is 0 Å². The summed E-state index contributed by atoms with van der Waals surface area (Å²) in [6, 6.07) is 5.50. The maximum Gasteiger partial charge on any atom is 0.303 e. The molecule has 24 heavy (non-hydrogen) atoms. The molecule has 0 aromatic heterocycles. The predicted octanol–water partition coefficient (Wildman–Crippen LogP) is 1.47. The number of nitrogens with one attached hydrogen (secondary N) is 1. The Bertz CT molecular complexity index is 705. The number of halogens is 1. The van der Waals surface area contributed by atoms with Crippen LogP contribution in [0.3, 0.4) is 0 Å². The van der Waals surface area contributed by atoms with Gasteiger partial charge in [0.2, 0.25) is 15.9 Å². The molecule has 1 fully saturated rings. The molecule has 2 rings (SSSR count). The van der Waals surface area contributed by atoms with Gasteiger partial charge in [0, 0.05) is 37.0 Å². The second kappa shape index (κ2) is 7.96. The molecule has 1 amide bonds. The van der Waals surface area contributed by atoms with E-state index in [0.717, 1.165) is 0 Å². The first-order chi connectivity index (χ1) is 11.3. The van der Waals surface area contributed by atoms with Crippen LogP contribution in [0.25, 0.3) is 0 Å². The van der Waals surface area contributed by atoms with Gasteiger partial charge >= 0.3 is 5.97 Å². The van der Waals surface area contributed by atoms with Crippen molar-refractivity contribution in [1.82, 2.24) is 9.62 Å². The van der Waals surface area contributed by atoms with Gasteiger partial charge in [-0.15, -0.1) is 0 Å². The smallest absolute Gasteiger partial charge is 0.303 e. The Morgan fingerprint density at radius 2 is 1.92 bits per heavy atom. The number of likely N-dealkylation sites (tertiary alicyclic amines) is 1. The number of sulfonamides is 1. The van der Waals surface area contributed by atoms with E-state index in [1.807, 2.05) is 0 Å². The zero-order valence-electron chi connectivity index (χ0n) is 12.9. The normalized spacial score (nSPS) is 17.9. The van der Waals surface area contributed by atoms with Gasteiger partial charge in [-0.25, -0.2) is 13.1 Å². The Labute approximate surface area is 145 Å². The highest BCUT2D eigenvalue weighted by atomic mass is 35.5. The molecular formula is C15H19ClN2O5S. The lowest BCUT2D eigenvalue weighted by molar-refractivity contribution is -0.137. The van der Waals surface area contributed by atoms with E-state index >= 15 is 0 Å². The summed E-state index contributed by atoms with van der Waals surface area (Å²) in [5, 5.41) is 9.03. The molecule has 1 heterocycles. The first-order valence-electron chi connectivity index (χ1n) is 7.55. The number of aliphatic carboxylic acids is 1. The van der Waals surface area contributed by atoms with Crippen LogP contribution < -0.4 is 4.72 Å². The molecule has 1 saturated heterocycles. The van der Waals surface area contributed by atoms with Crippen molar-refractivity contribution in [3.05, 3.63) is 29.3 Å². The summed E-state index contributed by atoms with van der Waals surface area (Å²) in [6.07, 6.45) is 0.915. The number of nitrogens with zero attached hydrogens (tertiary/aromatic N) is 1. The minimum Gasteiger partial charge on any atom is -0.481 e. The molecule has 1 aliphatic rings. The molecular weight excluding hydrogens is 356 g/mol. The Morgan fingerprint density at radius 1 is 1.25 bits per heavy atom. The fourth-order valence-electron chi connectivity index (χ4n) is 2.53. The fourth-order valence-corrected chi connectivity index (χ4v) is 3.92. The van der Waals surface area contributed by atoms with E-state index in [9.17, 15) is 18.0 Å². The number of carboxylic acids is 1. The van der Waals surface area contributed by atoms with Crippen molar-refractivity contribution in [3.8, 4) is 0 Å². The molecule has 132 valence electrons. The van der Waals surface area contributed by atoms with Crippen molar-refractivity contribution >= 4 is 33.5 Å². The molecule has 0 saturated carbocycles. The second-order valence-corrected chi connectivity index (χ2v) is 7.80. The van der Waals surface area contributed by atoms with E-state index in [1.54, 1.807) is 4.90 Å². The molecule has 1 aromatic carbocycles. The molecule has 1 aromatic rings. The van der Waals surface area contributed by atoms with Gasteiger partial charge in [0.15, 0.2) is 0 Å². The van der Waals surface area contributed by atoms with Crippen molar-refractivity contribution in [2.45, 2.75) is 36.6 Å². The molecule has 0 radical (unpaired) electrons. The van der Waals surface area contributed by atoms with Gasteiger partial charge in [-0.1, -0.05) is 11.6 Å². The topological polar surface area (TPSA) is 104 Å². The molecule has 1 aliphatic heterocycles. The lowest BCUT2D eigenvalue weighted by atomic mass is 10.2. The Balaban J connectivity index is 1.88. The predicted molar refractivity (Wildman–Crippen MR) is 88.2 cm³/mol. The lowest BCUT2D eigenvalue weighted by Crippen LogP contribution is -2.38. The number of carbonyl (C=O) groups is 2. The summed E-state index contributed by atoms with van der Waals surface area (Å²) < 4.78 is 27.2. The average molecular weight is 375 g/mol. The third kappa shape index (κ3) is 5.19.